The van der Waals surface area contributed by atoms with E-state index in [-0.39, 0.29) is 5.56 Å². The monoisotopic (exact) mass is 257 g/mol. The maximum Gasteiger partial charge on any atom is 0.573 e. The molecule has 18 heavy (non-hydrogen) atoms. The fraction of sp³-hybridized carbons (Fsp3) is 0.0909. The van der Waals surface area contributed by atoms with Crippen LogP contribution in [0, 0.1) is 11.3 Å². The number of rotatable bonds is 3. The van der Waals surface area contributed by atoms with Gasteiger partial charge in [-0.1, -0.05) is 12.1 Å². The fourth-order valence-electron chi connectivity index (χ4n) is 1.25. The minimum Gasteiger partial charge on any atom is -0.478 e. The summed E-state index contributed by atoms with van der Waals surface area (Å²) in [6, 6.07) is 4.97. The minimum atomic E-state index is -4.98. The van der Waals surface area contributed by atoms with Crippen LogP contribution in [0.15, 0.2) is 24.3 Å². The Morgan fingerprint density at radius 3 is 2.61 bits per heavy atom. The van der Waals surface area contributed by atoms with Crippen LogP contribution < -0.4 is 4.74 Å². The number of allylic oxidation sites excluding steroid dienone is 1. The van der Waals surface area contributed by atoms with E-state index in [1.54, 1.807) is 6.07 Å². The second-order valence-electron chi connectivity index (χ2n) is 3.04. The van der Waals surface area contributed by atoms with E-state index in [0.717, 1.165) is 18.2 Å². The number of hydrogen-bond acceptors (Lipinski definition) is 3. The molecule has 1 N–H and O–H groups in total. The van der Waals surface area contributed by atoms with E-state index < -0.39 is 23.6 Å². The molecule has 0 radical (unpaired) electrons. The van der Waals surface area contributed by atoms with Crippen molar-refractivity contribution in [2.75, 3.05) is 0 Å². The minimum absolute atomic E-state index is 0.0502. The first-order valence-corrected chi connectivity index (χ1v) is 4.53. The standard InChI is InChI=1S/C11H6F3NO3/c12-11(13,14)18-8-5-1-3-7(4-2-6-15)9(8)10(16)17/h1-5H,(H,16,17). The Kier molecular flexibility index (Phi) is 3.94. The van der Waals surface area contributed by atoms with Gasteiger partial charge in [0.05, 0.1) is 6.07 Å². The molecule has 0 aromatic heterocycles. The molecule has 0 unspecified atom stereocenters. The first kappa shape index (κ1) is 13.6. The van der Waals surface area contributed by atoms with Crippen molar-refractivity contribution in [3.63, 3.8) is 0 Å². The van der Waals surface area contributed by atoms with Crippen LogP contribution in [0.1, 0.15) is 15.9 Å². The molecule has 1 aromatic carbocycles. The summed E-state index contributed by atoms with van der Waals surface area (Å²) in [5.74, 6) is -2.40. The SMILES string of the molecule is N#CC=Cc1cccc(OC(F)(F)F)c1C(=O)O. The maximum atomic E-state index is 12.1. The lowest BCUT2D eigenvalue weighted by atomic mass is 10.1. The van der Waals surface area contributed by atoms with Crippen molar-refractivity contribution >= 4 is 12.0 Å². The van der Waals surface area contributed by atoms with Gasteiger partial charge in [0, 0.05) is 6.08 Å². The van der Waals surface area contributed by atoms with Crippen molar-refractivity contribution in [3.05, 3.63) is 35.4 Å². The Bertz CT molecular complexity index is 529. The van der Waals surface area contributed by atoms with Gasteiger partial charge in [-0.15, -0.1) is 13.2 Å². The number of nitrogens with zero attached hydrogens (tertiary/aromatic N) is 1. The van der Waals surface area contributed by atoms with E-state index >= 15 is 0 Å². The van der Waals surface area contributed by atoms with Gasteiger partial charge in [0.25, 0.3) is 0 Å². The van der Waals surface area contributed by atoms with Crippen LogP contribution in [0.25, 0.3) is 6.08 Å². The van der Waals surface area contributed by atoms with Crippen LogP contribution in [-0.4, -0.2) is 17.4 Å². The smallest absolute Gasteiger partial charge is 0.478 e. The molecule has 0 aliphatic carbocycles. The number of nitriles is 1. The lowest BCUT2D eigenvalue weighted by molar-refractivity contribution is -0.274. The van der Waals surface area contributed by atoms with Crippen LogP contribution in [0.3, 0.4) is 0 Å². The van der Waals surface area contributed by atoms with Gasteiger partial charge < -0.3 is 9.84 Å². The lowest BCUT2D eigenvalue weighted by Gasteiger charge is -2.12. The topological polar surface area (TPSA) is 70.3 Å². The molecule has 0 amide bonds. The Hall–Kier alpha value is -2.49. The Morgan fingerprint density at radius 2 is 2.11 bits per heavy atom. The average Bonchev–Trinajstić information content (AvgIpc) is 2.23. The molecule has 0 aliphatic rings. The number of carboxylic acid groups (broad SMARTS) is 1. The molecule has 4 nitrogen and oxygen atoms in total. The van der Waals surface area contributed by atoms with Crippen LogP contribution in [-0.2, 0) is 0 Å². The summed E-state index contributed by atoms with van der Waals surface area (Å²) in [7, 11) is 0. The van der Waals surface area contributed by atoms with Gasteiger partial charge in [-0.05, 0) is 17.7 Å². The second kappa shape index (κ2) is 5.23. The Morgan fingerprint density at radius 1 is 1.44 bits per heavy atom. The van der Waals surface area contributed by atoms with E-state index in [9.17, 15) is 18.0 Å². The highest BCUT2D eigenvalue weighted by Crippen LogP contribution is 2.29. The summed E-state index contributed by atoms with van der Waals surface area (Å²) in [6.07, 6.45) is -2.94. The van der Waals surface area contributed by atoms with Crippen LogP contribution >= 0.6 is 0 Å². The van der Waals surface area contributed by atoms with Gasteiger partial charge in [0.1, 0.15) is 11.3 Å². The highest BCUT2D eigenvalue weighted by atomic mass is 19.4. The molecular formula is C11H6F3NO3. The second-order valence-corrected chi connectivity index (χ2v) is 3.04. The summed E-state index contributed by atoms with van der Waals surface area (Å²) < 4.78 is 39.9. The number of ether oxygens (including phenoxy) is 1. The van der Waals surface area contributed by atoms with Gasteiger partial charge in [-0.3, -0.25) is 0 Å². The molecule has 94 valence electrons. The number of alkyl halides is 3. The molecule has 0 spiro atoms. The van der Waals surface area contributed by atoms with Crippen molar-refractivity contribution < 1.29 is 27.8 Å². The van der Waals surface area contributed by atoms with Crippen molar-refractivity contribution in [1.82, 2.24) is 0 Å². The van der Waals surface area contributed by atoms with Crippen molar-refractivity contribution in [2.24, 2.45) is 0 Å². The van der Waals surface area contributed by atoms with Gasteiger partial charge in [0.2, 0.25) is 0 Å². The van der Waals surface area contributed by atoms with E-state index in [2.05, 4.69) is 4.74 Å². The van der Waals surface area contributed by atoms with E-state index in [1.807, 2.05) is 0 Å². The number of carbonyl (C=O) groups is 1. The maximum absolute atomic E-state index is 12.1. The first-order chi connectivity index (χ1) is 8.35. The zero-order chi connectivity index (χ0) is 13.8. The summed E-state index contributed by atoms with van der Waals surface area (Å²) in [6.45, 7) is 0. The molecule has 0 aliphatic heterocycles. The third kappa shape index (κ3) is 3.52. The predicted octanol–water partition coefficient (Wildman–Crippen LogP) is 2.82. The summed E-state index contributed by atoms with van der Waals surface area (Å²) in [5, 5.41) is 17.2. The molecule has 0 heterocycles. The molecule has 0 fully saturated rings. The highest BCUT2D eigenvalue weighted by Gasteiger charge is 2.33. The van der Waals surface area contributed by atoms with E-state index in [0.29, 0.717) is 0 Å². The quantitative estimate of drug-likeness (QED) is 0.845. The lowest BCUT2D eigenvalue weighted by Crippen LogP contribution is -2.19. The zero-order valence-corrected chi connectivity index (χ0v) is 8.73. The largest absolute Gasteiger partial charge is 0.573 e. The van der Waals surface area contributed by atoms with Gasteiger partial charge in [-0.2, -0.15) is 5.26 Å². The van der Waals surface area contributed by atoms with Crippen molar-refractivity contribution in [3.8, 4) is 11.8 Å². The van der Waals surface area contributed by atoms with Gasteiger partial charge >= 0.3 is 12.3 Å². The third-order valence-electron chi connectivity index (χ3n) is 1.84. The summed E-state index contributed by atoms with van der Waals surface area (Å²) in [5.41, 5.74) is -0.702. The van der Waals surface area contributed by atoms with E-state index in [1.165, 1.54) is 12.1 Å². The Labute approximate surface area is 99.5 Å². The van der Waals surface area contributed by atoms with Crippen LogP contribution in [0.5, 0.6) is 5.75 Å². The highest BCUT2D eigenvalue weighted by molar-refractivity contribution is 5.95. The third-order valence-corrected chi connectivity index (χ3v) is 1.84. The summed E-state index contributed by atoms with van der Waals surface area (Å²) in [4.78, 5) is 10.9. The summed E-state index contributed by atoms with van der Waals surface area (Å²) >= 11 is 0. The number of halogens is 3. The van der Waals surface area contributed by atoms with Crippen molar-refractivity contribution in [1.29, 1.82) is 5.26 Å². The van der Waals surface area contributed by atoms with E-state index in [4.69, 9.17) is 10.4 Å². The molecule has 7 heteroatoms. The van der Waals surface area contributed by atoms with Crippen LogP contribution in [0.2, 0.25) is 0 Å². The number of hydrogen-bond donors (Lipinski definition) is 1. The normalized spacial score (nSPS) is 11.2. The fourth-order valence-corrected chi connectivity index (χ4v) is 1.25. The van der Waals surface area contributed by atoms with Crippen molar-refractivity contribution in [2.45, 2.75) is 6.36 Å². The molecule has 0 saturated carbocycles. The van der Waals surface area contributed by atoms with Gasteiger partial charge in [-0.25, -0.2) is 4.79 Å². The van der Waals surface area contributed by atoms with Gasteiger partial charge in [0.15, 0.2) is 0 Å². The Balaban J connectivity index is 3.31. The number of aromatic carboxylic acids is 1. The number of benzene rings is 1. The molecule has 0 bridgehead atoms. The molecule has 1 rings (SSSR count). The average molecular weight is 257 g/mol. The number of carboxylic acids is 1. The first-order valence-electron chi connectivity index (χ1n) is 4.53. The molecule has 0 atom stereocenters. The van der Waals surface area contributed by atoms with Crippen LogP contribution in [0.4, 0.5) is 13.2 Å². The zero-order valence-electron chi connectivity index (χ0n) is 8.73. The molecule has 0 saturated heterocycles. The predicted molar refractivity (Wildman–Crippen MR) is 54.7 cm³/mol. The molecule has 1 aromatic rings. The molecular weight excluding hydrogens is 251 g/mol.